The minimum atomic E-state index is -0.0335. The van der Waals surface area contributed by atoms with E-state index in [2.05, 4.69) is 4.98 Å². The normalized spacial score (nSPS) is 11.2. The Hall–Kier alpha value is -3.53. The smallest absolute Gasteiger partial charge is 0.261 e. The zero-order valence-electron chi connectivity index (χ0n) is 14.1. The molecule has 0 amide bonds. The average Bonchev–Trinajstić information content (AvgIpc) is 2.70. The van der Waals surface area contributed by atoms with Gasteiger partial charge in [0.15, 0.2) is 0 Å². The molecule has 4 heteroatoms. The SMILES string of the molecule is O=c1c2ccccc2nc(/C=C/c2ccncc2)n1Cc1ccccc1. The summed E-state index contributed by atoms with van der Waals surface area (Å²) >= 11 is 0. The predicted molar refractivity (Wildman–Crippen MR) is 105 cm³/mol. The lowest BCUT2D eigenvalue weighted by atomic mass is 10.2. The quantitative estimate of drug-likeness (QED) is 0.564. The third kappa shape index (κ3) is 3.30. The first-order chi connectivity index (χ1) is 12.8. The van der Waals surface area contributed by atoms with Crippen LogP contribution in [0.4, 0.5) is 0 Å². The number of pyridine rings is 1. The third-order valence-corrected chi connectivity index (χ3v) is 4.21. The van der Waals surface area contributed by atoms with Crippen LogP contribution >= 0.6 is 0 Å². The molecule has 4 aromatic rings. The summed E-state index contributed by atoms with van der Waals surface area (Å²) in [5.41, 5.74) is 2.74. The van der Waals surface area contributed by atoms with Gasteiger partial charge in [-0.05, 0) is 41.5 Å². The van der Waals surface area contributed by atoms with Gasteiger partial charge in [0.1, 0.15) is 5.82 Å². The molecule has 0 fully saturated rings. The molecule has 26 heavy (non-hydrogen) atoms. The van der Waals surface area contributed by atoms with Crippen LogP contribution < -0.4 is 5.56 Å². The van der Waals surface area contributed by atoms with Gasteiger partial charge in [0, 0.05) is 12.4 Å². The van der Waals surface area contributed by atoms with Gasteiger partial charge in [-0.1, -0.05) is 48.5 Å². The van der Waals surface area contributed by atoms with E-state index in [0.717, 1.165) is 11.1 Å². The Bertz CT molecular complexity index is 1120. The van der Waals surface area contributed by atoms with Crippen molar-refractivity contribution in [2.75, 3.05) is 0 Å². The van der Waals surface area contributed by atoms with E-state index in [9.17, 15) is 4.79 Å². The van der Waals surface area contributed by atoms with E-state index in [1.165, 1.54) is 0 Å². The van der Waals surface area contributed by atoms with Crippen molar-refractivity contribution < 1.29 is 0 Å². The Morgan fingerprint density at radius 1 is 0.846 bits per heavy atom. The molecule has 126 valence electrons. The molecule has 0 spiro atoms. The first-order valence-corrected chi connectivity index (χ1v) is 8.43. The molecule has 0 saturated carbocycles. The van der Waals surface area contributed by atoms with Crippen LogP contribution in [0.2, 0.25) is 0 Å². The van der Waals surface area contributed by atoms with Crippen molar-refractivity contribution in [3.63, 3.8) is 0 Å². The van der Waals surface area contributed by atoms with Gasteiger partial charge in [-0.15, -0.1) is 0 Å². The highest BCUT2D eigenvalue weighted by atomic mass is 16.1. The fourth-order valence-corrected chi connectivity index (χ4v) is 2.88. The molecule has 2 heterocycles. The van der Waals surface area contributed by atoms with E-state index in [0.29, 0.717) is 23.3 Å². The minimum absolute atomic E-state index is 0.0335. The summed E-state index contributed by atoms with van der Waals surface area (Å²) in [6.45, 7) is 0.480. The van der Waals surface area contributed by atoms with Gasteiger partial charge in [0.05, 0.1) is 17.4 Å². The number of hydrogen-bond donors (Lipinski definition) is 0. The van der Waals surface area contributed by atoms with Crippen molar-refractivity contribution in [2.45, 2.75) is 6.54 Å². The van der Waals surface area contributed by atoms with Gasteiger partial charge in [0.25, 0.3) is 5.56 Å². The Kier molecular flexibility index (Phi) is 4.39. The van der Waals surface area contributed by atoms with Gasteiger partial charge in [-0.25, -0.2) is 4.98 Å². The van der Waals surface area contributed by atoms with E-state index in [1.54, 1.807) is 17.0 Å². The van der Waals surface area contributed by atoms with Gasteiger partial charge in [-0.3, -0.25) is 14.3 Å². The molecule has 0 atom stereocenters. The number of rotatable bonds is 4. The van der Waals surface area contributed by atoms with Crippen LogP contribution in [0.15, 0.2) is 83.9 Å². The topological polar surface area (TPSA) is 47.8 Å². The Balaban J connectivity index is 1.85. The number of para-hydroxylation sites is 1. The first kappa shape index (κ1) is 16.0. The molecule has 4 nitrogen and oxygen atoms in total. The lowest BCUT2D eigenvalue weighted by molar-refractivity contribution is 0.738. The Morgan fingerprint density at radius 3 is 2.38 bits per heavy atom. The summed E-state index contributed by atoms with van der Waals surface area (Å²) in [6, 6.07) is 21.2. The summed E-state index contributed by atoms with van der Waals surface area (Å²) in [4.78, 5) is 21.8. The highest BCUT2D eigenvalue weighted by Gasteiger charge is 2.09. The summed E-state index contributed by atoms with van der Waals surface area (Å²) in [7, 11) is 0. The maximum atomic E-state index is 13.0. The molecule has 2 aromatic carbocycles. The van der Waals surface area contributed by atoms with Crippen LogP contribution in [0.25, 0.3) is 23.1 Å². The number of aromatic nitrogens is 3. The van der Waals surface area contributed by atoms with Crippen molar-refractivity contribution in [3.05, 3.63) is 106 Å². The van der Waals surface area contributed by atoms with E-state index >= 15 is 0 Å². The lowest BCUT2D eigenvalue weighted by Crippen LogP contribution is -2.24. The number of benzene rings is 2. The van der Waals surface area contributed by atoms with Crippen molar-refractivity contribution in [3.8, 4) is 0 Å². The van der Waals surface area contributed by atoms with Crippen LogP contribution in [0.3, 0.4) is 0 Å². The largest absolute Gasteiger partial charge is 0.288 e. The van der Waals surface area contributed by atoms with Crippen LogP contribution in [0, 0.1) is 0 Å². The maximum Gasteiger partial charge on any atom is 0.261 e. The molecule has 0 unspecified atom stereocenters. The van der Waals surface area contributed by atoms with Gasteiger partial charge in [-0.2, -0.15) is 0 Å². The maximum absolute atomic E-state index is 13.0. The van der Waals surface area contributed by atoms with Crippen LogP contribution in [0.1, 0.15) is 17.0 Å². The molecule has 0 N–H and O–H groups in total. The molecule has 0 aliphatic carbocycles. The fourth-order valence-electron chi connectivity index (χ4n) is 2.88. The molecule has 0 aliphatic rings. The monoisotopic (exact) mass is 339 g/mol. The summed E-state index contributed by atoms with van der Waals surface area (Å²) in [6.07, 6.45) is 7.31. The zero-order chi connectivity index (χ0) is 17.8. The van der Waals surface area contributed by atoms with Gasteiger partial charge >= 0.3 is 0 Å². The average molecular weight is 339 g/mol. The predicted octanol–water partition coefficient (Wildman–Crippen LogP) is 4.01. The molecular weight excluding hydrogens is 322 g/mol. The zero-order valence-corrected chi connectivity index (χ0v) is 14.1. The summed E-state index contributed by atoms with van der Waals surface area (Å²) < 4.78 is 1.72. The van der Waals surface area contributed by atoms with Crippen LogP contribution in [-0.2, 0) is 6.54 Å². The van der Waals surface area contributed by atoms with E-state index in [1.807, 2.05) is 78.9 Å². The summed E-state index contributed by atoms with van der Waals surface area (Å²) in [5, 5.41) is 0.629. The second kappa shape index (κ2) is 7.15. The fraction of sp³-hybridized carbons (Fsp3) is 0.0455. The van der Waals surface area contributed by atoms with Crippen molar-refractivity contribution in [1.82, 2.24) is 14.5 Å². The molecule has 0 bridgehead atoms. The Labute approximate surface area is 151 Å². The molecule has 2 aromatic heterocycles. The minimum Gasteiger partial charge on any atom is -0.288 e. The first-order valence-electron chi connectivity index (χ1n) is 8.43. The number of nitrogens with zero attached hydrogens (tertiary/aromatic N) is 3. The van der Waals surface area contributed by atoms with E-state index in [4.69, 9.17) is 4.98 Å². The second-order valence-corrected chi connectivity index (χ2v) is 5.98. The highest BCUT2D eigenvalue weighted by molar-refractivity contribution is 5.79. The van der Waals surface area contributed by atoms with Crippen molar-refractivity contribution in [2.24, 2.45) is 0 Å². The van der Waals surface area contributed by atoms with Crippen LogP contribution in [-0.4, -0.2) is 14.5 Å². The van der Waals surface area contributed by atoms with E-state index < -0.39 is 0 Å². The molecular formula is C22H17N3O. The Morgan fingerprint density at radius 2 is 1.58 bits per heavy atom. The van der Waals surface area contributed by atoms with Crippen LogP contribution in [0.5, 0.6) is 0 Å². The number of hydrogen-bond acceptors (Lipinski definition) is 3. The molecule has 4 rings (SSSR count). The van der Waals surface area contributed by atoms with E-state index in [-0.39, 0.29) is 5.56 Å². The highest BCUT2D eigenvalue weighted by Crippen LogP contribution is 2.12. The summed E-state index contributed by atoms with van der Waals surface area (Å²) in [5.74, 6) is 0.634. The van der Waals surface area contributed by atoms with Gasteiger partial charge in [0.2, 0.25) is 0 Å². The number of fused-ring (bicyclic) bond motifs is 1. The standard InChI is InChI=1S/C22H17N3O/c26-22-19-8-4-5-9-20(19)24-21(11-10-17-12-14-23-15-13-17)25(22)16-18-6-2-1-3-7-18/h1-15H,16H2/b11-10+. The van der Waals surface area contributed by atoms with Gasteiger partial charge < -0.3 is 0 Å². The third-order valence-electron chi connectivity index (χ3n) is 4.21. The molecule has 0 saturated heterocycles. The van der Waals surface area contributed by atoms with Crippen molar-refractivity contribution >= 4 is 23.1 Å². The molecule has 0 radical (unpaired) electrons. The van der Waals surface area contributed by atoms with Crippen molar-refractivity contribution in [1.29, 1.82) is 0 Å². The lowest BCUT2D eigenvalue weighted by Gasteiger charge is -2.11. The second-order valence-electron chi connectivity index (χ2n) is 5.98. The molecule has 0 aliphatic heterocycles.